The number of carboxylic acid groups (broad SMARTS) is 1. The van der Waals surface area contributed by atoms with Crippen LogP contribution in [0.4, 0.5) is 17.2 Å². The number of hydrogen-bond donors (Lipinski definition) is 4. The van der Waals surface area contributed by atoms with Gasteiger partial charge < -0.3 is 25.7 Å². The molecule has 0 fully saturated rings. The molecule has 0 aliphatic heterocycles. The zero-order valence-electron chi connectivity index (χ0n) is 24.6. The molecule has 19 heteroatoms. The van der Waals surface area contributed by atoms with E-state index >= 15 is 0 Å². The first-order valence-corrected chi connectivity index (χ1v) is 15.6. The number of rotatable bonds is 17. The number of azo groups is 1. The fourth-order valence-electron chi connectivity index (χ4n) is 3.78. The summed E-state index contributed by atoms with van der Waals surface area (Å²) in [6.45, 7) is 1.56. The molecule has 0 radical (unpaired) electrons. The number of benzene rings is 2. The molecule has 47 heavy (non-hydrogen) atoms. The third-order valence-corrected chi connectivity index (χ3v) is 7.71. The van der Waals surface area contributed by atoms with Gasteiger partial charge in [-0.1, -0.05) is 25.2 Å². The Kier molecular flexibility index (Phi) is 12.7. The second-order valence-electron chi connectivity index (χ2n) is 9.60. The Hall–Kier alpha value is -5.56. The molecule has 3 rings (SSSR count). The second kappa shape index (κ2) is 16.7. The van der Waals surface area contributed by atoms with Crippen LogP contribution in [0.15, 0.2) is 82.0 Å². The number of sulfonamides is 1. The monoisotopic (exact) mass is 687 g/mol. The zero-order chi connectivity index (χ0) is 34.6. The van der Waals surface area contributed by atoms with Gasteiger partial charge in [0.1, 0.15) is 23.7 Å². The Morgan fingerprint density at radius 3 is 2.38 bits per heavy atom. The Morgan fingerprint density at radius 1 is 1.11 bits per heavy atom. The van der Waals surface area contributed by atoms with Crippen LogP contribution < -0.4 is 20.5 Å². The topological polar surface area (TPSA) is 255 Å². The molecular formula is C28H29N7O10S2. The number of carbonyl (C=O) groups excluding carboxylic acids is 2. The largest absolute Gasteiger partial charge is 0.480 e. The van der Waals surface area contributed by atoms with E-state index in [1.807, 2.05) is 0 Å². The average Bonchev–Trinajstić information content (AvgIpc) is 3.02. The maximum Gasteiger partial charge on any atom is 0.326 e. The Balaban J connectivity index is 1.86. The summed E-state index contributed by atoms with van der Waals surface area (Å²) < 4.78 is 33.0. The van der Waals surface area contributed by atoms with E-state index in [9.17, 15) is 38.0 Å². The predicted molar refractivity (Wildman–Crippen MR) is 169 cm³/mol. The van der Waals surface area contributed by atoms with Gasteiger partial charge in [-0.05, 0) is 67.4 Å². The first kappa shape index (κ1) is 35.9. The summed E-state index contributed by atoms with van der Waals surface area (Å²) in [5, 5.41) is 29.7. The fourth-order valence-corrected chi connectivity index (χ4v) is 4.91. The lowest BCUT2D eigenvalue weighted by atomic mass is 10.1. The SMILES string of the molecule is CCC(CC(=O)Oc1ccc(/N=N/c2ccc(S(=O)(=O)Nc3ccccn3)cc2)cc1C(=O)NC(CCC(N)=S)C(=O)O)O[N+](=O)[O-]. The number of carboxylic acids is 1. The quantitative estimate of drug-likeness (QED) is 0.0393. The molecule has 1 amide bonds. The van der Waals surface area contributed by atoms with Gasteiger partial charge in [-0.15, -0.1) is 10.1 Å². The number of ether oxygens (including phenoxy) is 1. The molecule has 248 valence electrons. The first-order chi connectivity index (χ1) is 22.3. The van der Waals surface area contributed by atoms with E-state index in [1.165, 1.54) is 54.7 Å². The van der Waals surface area contributed by atoms with Crippen LogP contribution in [0.5, 0.6) is 5.75 Å². The number of thiocarbonyl (C=S) groups is 1. The van der Waals surface area contributed by atoms with Gasteiger partial charge in [-0.3, -0.25) is 14.3 Å². The van der Waals surface area contributed by atoms with E-state index in [4.69, 9.17) is 22.7 Å². The van der Waals surface area contributed by atoms with Gasteiger partial charge >= 0.3 is 11.9 Å². The number of aliphatic carboxylic acids is 1. The van der Waals surface area contributed by atoms with Crippen molar-refractivity contribution < 1.29 is 42.6 Å². The molecule has 3 aromatic rings. The van der Waals surface area contributed by atoms with Crippen molar-refractivity contribution in [1.82, 2.24) is 10.3 Å². The summed E-state index contributed by atoms with van der Waals surface area (Å²) in [6.07, 6.45) is -0.173. The molecule has 1 aromatic heterocycles. The van der Waals surface area contributed by atoms with Crippen molar-refractivity contribution in [3.8, 4) is 5.75 Å². The van der Waals surface area contributed by atoms with E-state index in [-0.39, 0.29) is 57.7 Å². The van der Waals surface area contributed by atoms with Crippen molar-refractivity contribution in [2.24, 2.45) is 16.0 Å². The minimum absolute atomic E-state index is 0.0246. The Morgan fingerprint density at radius 2 is 1.79 bits per heavy atom. The maximum absolute atomic E-state index is 13.2. The van der Waals surface area contributed by atoms with E-state index in [1.54, 1.807) is 19.1 Å². The van der Waals surface area contributed by atoms with Gasteiger partial charge in [0.05, 0.1) is 33.2 Å². The number of pyridine rings is 1. The number of carbonyl (C=O) groups is 3. The lowest BCUT2D eigenvalue weighted by molar-refractivity contribution is -0.768. The minimum atomic E-state index is -3.94. The van der Waals surface area contributed by atoms with Crippen molar-refractivity contribution in [1.29, 1.82) is 0 Å². The molecule has 0 spiro atoms. The van der Waals surface area contributed by atoms with E-state index < -0.39 is 51.5 Å². The minimum Gasteiger partial charge on any atom is -0.480 e. The average molecular weight is 688 g/mol. The molecule has 0 saturated carbocycles. The summed E-state index contributed by atoms with van der Waals surface area (Å²) in [5.74, 6) is -3.44. The molecule has 2 aromatic carbocycles. The van der Waals surface area contributed by atoms with Crippen LogP contribution in [0, 0.1) is 10.1 Å². The van der Waals surface area contributed by atoms with Gasteiger partial charge in [0, 0.05) is 12.6 Å². The molecule has 2 unspecified atom stereocenters. The molecular weight excluding hydrogens is 658 g/mol. The highest BCUT2D eigenvalue weighted by molar-refractivity contribution is 7.92. The highest BCUT2D eigenvalue weighted by atomic mass is 32.2. The van der Waals surface area contributed by atoms with E-state index in [2.05, 4.69) is 30.1 Å². The van der Waals surface area contributed by atoms with Gasteiger partial charge in [0.25, 0.3) is 21.0 Å². The lowest BCUT2D eigenvalue weighted by Gasteiger charge is -2.17. The molecule has 17 nitrogen and oxygen atoms in total. The molecule has 0 aliphatic carbocycles. The third kappa shape index (κ3) is 11.4. The molecule has 2 atom stereocenters. The molecule has 0 saturated heterocycles. The van der Waals surface area contributed by atoms with Crippen molar-refractivity contribution in [2.75, 3.05) is 4.72 Å². The van der Waals surface area contributed by atoms with Crippen LogP contribution in [0.3, 0.4) is 0 Å². The van der Waals surface area contributed by atoms with Gasteiger partial charge in [-0.2, -0.15) is 10.2 Å². The van der Waals surface area contributed by atoms with Crippen molar-refractivity contribution in [3.05, 3.63) is 82.5 Å². The number of nitrogens with one attached hydrogen (secondary N) is 2. The standard InChI is InChI=1S/C28H29N7O10S2/c1-2-19(45-35(40)41)16-26(36)44-23-12-8-18(15-21(23)27(37)31-22(28(38)39)11-13-24(29)46)33-32-17-6-9-20(10-7-17)47(42,43)34-25-5-3-4-14-30-25/h3-10,12,14-15,19,22H,2,11,13,16H2,1H3,(H2,29,46)(H,30,34)(H,31,37)(H,38,39)/b33-32+. The second-order valence-corrected chi connectivity index (χ2v) is 11.8. The highest BCUT2D eigenvalue weighted by Gasteiger charge is 2.25. The highest BCUT2D eigenvalue weighted by Crippen LogP contribution is 2.28. The lowest BCUT2D eigenvalue weighted by Crippen LogP contribution is -2.41. The van der Waals surface area contributed by atoms with Crippen molar-refractivity contribution >= 4 is 62.3 Å². The summed E-state index contributed by atoms with van der Waals surface area (Å²) in [5.41, 5.74) is 5.47. The predicted octanol–water partition coefficient (Wildman–Crippen LogP) is 3.83. The molecule has 1 heterocycles. The summed E-state index contributed by atoms with van der Waals surface area (Å²) in [4.78, 5) is 56.6. The number of hydrogen-bond acceptors (Lipinski definition) is 13. The molecule has 0 aliphatic rings. The Labute approximate surface area is 273 Å². The Bertz CT molecular complexity index is 1750. The maximum atomic E-state index is 13.2. The van der Waals surface area contributed by atoms with Crippen LogP contribution in [0.25, 0.3) is 0 Å². The summed E-state index contributed by atoms with van der Waals surface area (Å²) in [6, 6.07) is 12.4. The summed E-state index contributed by atoms with van der Waals surface area (Å²) in [7, 11) is -3.94. The van der Waals surface area contributed by atoms with Crippen molar-refractivity contribution in [3.63, 3.8) is 0 Å². The number of nitrogens with two attached hydrogens (primary N) is 1. The fraction of sp³-hybridized carbons (Fsp3) is 0.250. The summed E-state index contributed by atoms with van der Waals surface area (Å²) >= 11 is 4.79. The van der Waals surface area contributed by atoms with Gasteiger partial charge in [0.15, 0.2) is 0 Å². The normalized spacial score (nSPS) is 12.4. The van der Waals surface area contributed by atoms with Crippen LogP contribution in [0.2, 0.25) is 0 Å². The molecule has 5 N–H and O–H groups in total. The first-order valence-electron chi connectivity index (χ1n) is 13.7. The van der Waals surface area contributed by atoms with Crippen LogP contribution in [-0.4, -0.2) is 58.6 Å². The number of nitrogens with zero attached hydrogens (tertiary/aromatic N) is 4. The van der Waals surface area contributed by atoms with Crippen molar-refractivity contribution in [2.45, 2.75) is 49.6 Å². The molecule has 0 bridgehead atoms. The number of amides is 1. The van der Waals surface area contributed by atoms with Crippen LogP contribution in [0.1, 0.15) is 43.0 Å². The van der Waals surface area contributed by atoms with E-state index in [0.29, 0.717) is 0 Å². The smallest absolute Gasteiger partial charge is 0.326 e. The van der Waals surface area contributed by atoms with Crippen LogP contribution in [-0.2, 0) is 24.4 Å². The number of anilines is 1. The number of esters is 1. The number of aromatic nitrogens is 1. The van der Waals surface area contributed by atoms with Gasteiger partial charge in [-0.25, -0.2) is 18.2 Å². The zero-order valence-corrected chi connectivity index (χ0v) is 26.3. The van der Waals surface area contributed by atoms with E-state index in [0.717, 1.165) is 0 Å². The van der Waals surface area contributed by atoms with Crippen LogP contribution >= 0.6 is 12.2 Å². The third-order valence-electron chi connectivity index (χ3n) is 6.13. The van der Waals surface area contributed by atoms with Gasteiger partial charge in [0.2, 0.25) is 0 Å².